The fourth-order valence-corrected chi connectivity index (χ4v) is 3.22. The molecule has 0 saturated heterocycles. The SMILES string of the molecule is CCCCCC1=C(C(=O)O)SC2=NCCCN21.Cl. The number of halogens is 1. The summed E-state index contributed by atoms with van der Waals surface area (Å²) in [7, 11) is 0. The molecular weight excluding hydrogens is 272 g/mol. The van der Waals surface area contributed by atoms with E-state index in [1.165, 1.54) is 11.8 Å². The first-order valence-corrected chi connectivity index (χ1v) is 7.02. The largest absolute Gasteiger partial charge is 0.477 e. The van der Waals surface area contributed by atoms with Gasteiger partial charge < -0.3 is 10.0 Å². The molecule has 0 amide bonds. The zero-order chi connectivity index (χ0) is 12.3. The Morgan fingerprint density at radius 3 is 2.94 bits per heavy atom. The summed E-state index contributed by atoms with van der Waals surface area (Å²) >= 11 is 1.32. The van der Waals surface area contributed by atoms with Gasteiger partial charge in [-0.15, -0.1) is 12.4 Å². The molecule has 0 aromatic rings. The van der Waals surface area contributed by atoms with Crippen molar-refractivity contribution in [1.29, 1.82) is 0 Å². The van der Waals surface area contributed by atoms with Crippen LogP contribution in [0.5, 0.6) is 0 Å². The molecule has 0 spiro atoms. The van der Waals surface area contributed by atoms with Crippen LogP contribution in [-0.2, 0) is 4.79 Å². The van der Waals surface area contributed by atoms with E-state index in [0.29, 0.717) is 4.91 Å². The number of rotatable bonds is 5. The summed E-state index contributed by atoms with van der Waals surface area (Å²) in [6.07, 6.45) is 5.26. The minimum atomic E-state index is -0.807. The highest BCUT2D eigenvalue weighted by atomic mass is 35.5. The van der Waals surface area contributed by atoms with Gasteiger partial charge in [-0.3, -0.25) is 4.99 Å². The van der Waals surface area contributed by atoms with Gasteiger partial charge in [0, 0.05) is 18.8 Å². The zero-order valence-electron chi connectivity index (χ0n) is 10.5. The van der Waals surface area contributed by atoms with E-state index in [0.717, 1.165) is 56.1 Å². The molecule has 0 aliphatic carbocycles. The summed E-state index contributed by atoms with van der Waals surface area (Å²) in [5.41, 5.74) is 0.981. The van der Waals surface area contributed by atoms with Gasteiger partial charge in [-0.1, -0.05) is 19.8 Å². The van der Waals surface area contributed by atoms with Crippen molar-refractivity contribution < 1.29 is 9.90 Å². The number of thioether (sulfide) groups is 1. The van der Waals surface area contributed by atoms with Gasteiger partial charge in [0.2, 0.25) is 0 Å². The quantitative estimate of drug-likeness (QED) is 0.791. The number of carboxylic acid groups (broad SMARTS) is 1. The number of aliphatic imine (C=N–C) groups is 1. The third kappa shape index (κ3) is 3.20. The van der Waals surface area contributed by atoms with Crippen LogP contribution in [0.4, 0.5) is 0 Å². The minimum absolute atomic E-state index is 0. The molecule has 0 aromatic carbocycles. The van der Waals surface area contributed by atoms with Crippen LogP contribution in [0.25, 0.3) is 0 Å². The molecule has 0 aromatic heterocycles. The normalized spacial score (nSPS) is 18.3. The van der Waals surface area contributed by atoms with Gasteiger partial charge in [0.1, 0.15) is 4.91 Å². The van der Waals surface area contributed by atoms with Crippen LogP contribution >= 0.6 is 24.2 Å². The Morgan fingerprint density at radius 2 is 2.28 bits per heavy atom. The lowest BCUT2D eigenvalue weighted by molar-refractivity contribution is -0.131. The number of unbranched alkanes of at least 4 members (excludes halogenated alkanes) is 2. The molecule has 0 atom stereocenters. The van der Waals surface area contributed by atoms with E-state index in [9.17, 15) is 9.90 Å². The van der Waals surface area contributed by atoms with Crippen LogP contribution in [0.15, 0.2) is 15.6 Å². The van der Waals surface area contributed by atoms with Crippen molar-refractivity contribution in [3.05, 3.63) is 10.6 Å². The van der Waals surface area contributed by atoms with Crippen molar-refractivity contribution in [2.24, 2.45) is 4.99 Å². The number of amidine groups is 1. The lowest BCUT2D eigenvalue weighted by atomic mass is 10.1. The number of carboxylic acids is 1. The van der Waals surface area contributed by atoms with Gasteiger partial charge in [-0.25, -0.2) is 4.79 Å². The first-order chi connectivity index (χ1) is 8.24. The maximum absolute atomic E-state index is 11.2. The third-order valence-electron chi connectivity index (χ3n) is 3.01. The molecule has 4 nitrogen and oxygen atoms in total. The maximum Gasteiger partial charge on any atom is 0.344 e. The molecule has 2 aliphatic rings. The highest BCUT2D eigenvalue weighted by Gasteiger charge is 2.33. The predicted octanol–water partition coefficient (Wildman–Crippen LogP) is 3.09. The number of fused-ring (bicyclic) bond motifs is 1. The van der Waals surface area contributed by atoms with Crippen LogP contribution in [0.3, 0.4) is 0 Å². The van der Waals surface area contributed by atoms with Crippen molar-refractivity contribution in [2.45, 2.75) is 39.0 Å². The topological polar surface area (TPSA) is 52.9 Å². The Bertz CT molecular complexity index is 382. The Morgan fingerprint density at radius 1 is 1.50 bits per heavy atom. The smallest absolute Gasteiger partial charge is 0.344 e. The summed E-state index contributed by atoms with van der Waals surface area (Å²) in [4.78, 5) is 18.2. The zero-order valence-corrected chi connectivity index (χ0v) is 12.1. The van der Waals surface area contributed by atoms with Crippen molar-refractivity contribution in [3.8, 4) is 0 Å². The number of hydrogen-bond donors (Lipinski definition) is 1. The van der Waals surface area contributed by atoms with E-state index >= 15 is 0 Å². The van der Waals surface area contributed by atoms with Crippen LogP contribution in [0.1, 0.15) is 39.0 Å². The standard InChI is InChI=1S/C12H18N2O2S.ClH/c1-2-3-4-6-9-10(11(15)16)17-12-13-7-5-8-14(9)12;/h2-8H2,1H3,(H,15,16);1H. The average molecular weight is 291 g/mol. The van der Waals surface area contributed by atoms with Gasteiger partial charge in [-0.2, -0.15) is 0 Å². The Kier molecular flexibility index (Phi) is 6.02. The Hall–Kier alpha value is -0.680. The molecule has 2 heterocycles. The summed E-state index contributed by atoms with van der Waals surface area (Å²) < 4.78 is 0. The molecule has 102 valence electrons. The third-order valence-corrected chi connectivity index (χ3v) is 4.16. The minimum Gasteiger partial charge on any atom is -0.477 e. The summed E-state index contributed by atoms with van der Waals surface area (Å²) in [5, 5.41) is 10.1. The molecule has 0 unspecified atom stereocenters. The summed E-state index contributed by atoms with van der Waals surface area (Å²) in [5.74, 6) is -0.807. The van der Waals surface area contributed by atoms with Crippen molar-refractivity contribution in [2.75, 3.05) is 13.1 Å². The lowest BCUT2D eigenvalue weighted by Crippen LogP contribution is -2.29. The van der Waals surface area contributed by atoms with Crippen LogP contribution < -0.4 is 0 Å². The van der Waals surface area contributed by atoms with E-state index in [1.807, 2.05) is 0 Å². The molecule has 0 bridgehead atoms. The Balaban J connectivity index is 0.00000162. The molecule has 18 heavy (non-hydrogen) atoms. The number of carbonyl (C=O) groups is 1. The molecule has 0 saturated carbocycles. The molecule has 6 heteroatoms. The fourth-order valence-electron chi connectivity index (χ4n) is 2.15. The van der Waals surface area contributed by atoms with Gasteiger partial charge in [0.05, 0.1) is 0 Å². The highest BCUT2D eigenvalue weighted by Crippen LogP contribution is 2.38. The highest BCUT2D eigenvalue weighted by molar-refractivity contribution is 8.18. The molecule has 0 fully saturated rings. The van der Waals surface area contributed by atoms with Gasteiger partial charge >= 0.3 is 5.97 Å². The summed E-state index contributed by atoms with van der Waals surface area (Å²) in [6, 6.07) is 0. The second-order valence-corrected chi connectivity index (χ2v) is 5.29. The number of allylic oxidation sites excluding steroid dienone is 1. The molecule has 2 rings (SSSR count). The van der Waals surface area contributed by atoms with E-state index in [1.54, 1.807) is 0 Å². The van der Waals surface area contributed by atoms with Gasteiger partial charge in [0.25, 0.3) is 0 Å². The van der Waals surface area contributed by atoms with Gasteiger partial charge in [-0.05, 0) is 31.0 Å². The van der Waals surface area contributed by atoms with Crippen molar-refractivity contribution in [3.63, 3.8) is 0 Å². The number of aliphatic carboxylic acids is 1. The fraction of sp³-hybridized carbons (Fsp3) is 0.667. The second-order valence-electron chi connectivity index (χ2n) is 4.31. The Labute approximate surface area is 118 Å². The van der Waals surface area contributed by atoms with Gasteiger partial charge in [0.15, 0.2) is 5.17 Å². The first-order valence-electron chi connectivity index (χ1n) is 6.20. The van der Waals surface area contributed by atoms with E-state index in [4.69, 9.17) is 0 Å². The number of hydrogen-bond acceptors (Lipinski definition) is 4. The second kappa shape index (κ2) is 7.04. The monoisotopic (exact) mass is 290 g/mol. The predicted molar refractivity (Wildman–Crippen MR) is 77.3 cm³/mol. The van der Waals surface area contributed by atoms with E-state index in [2.05, 4.69) is 16.8 Å². The molecule has 1 N–H and O–H groups in total. The number of nitrogens with zero attached hydrogens (tertiary/aromatic N) is 2. The van der Waals surface area contributed by atoms with Crippen LogP contribution in [0.2, 0.25) is 0 Å². The van der Waals surface area contributed by atoms with E-state index < -0.39 is 5.97 Å². The van der Waals surface area contributed by atoms with Crippen LogP contribution in [-0.4, -0.2) is 34.2 Å². The van der Waals surface area contributed by atoms with E-state index in [-0.39, 0.29) is 12.4 Å². The molecule has 2 aliphatic heterocycles. The lowest BCUT2D eigenvalue weighted by Gasteiger charge is -2.25. The average Bonchev–Trinajstić information content (AvgIpc) is 2.69. The first kappa shape index (κ1) is 15.4. The van der Waals surface area contributed by atoms with Crippen molar-refractivity contribution >= 4 is 35.3 Å². The molecular formula is C12H19ClN2O2S. The molecule has 0 radical (unpaired) electrons. The van der Waals surface area contributed by atoms with Crippen LogP contribution in [0, 0.1) is 0 Å². The van der Waals surface area contributed by atoms with Crippen molar-refractivity contribution in [1.82, 2.24) is 4.90 Å². The maximum atomic E-state index is 11.2. The summed E-state index contributed by atoms with van der Waals surface area (Å²) in [6.45, 7) is 3.90.